The van der Waals surface area contributed by atoms with Gasteiger partial charge in [0, 0.05) is 55.0 Å². The van der Waals surface area contributed by atoms with Crippen molar-refractivity contribution in [3.8, 4) is 50.4 Å². The number of fused-ring (bicyclic) bond motifs is 9. The molecule has 0 fully saturated rings. The number of para-hydroxylation sites is 2. The van der Waals surface area contributed by atoms with E-state index in [1.165, 1.54) is 10.8 Å². The van der Waals surface area contributed by atoms with Crippen LogP contribution >= 0.6 is 0 Å². The second-order valence-corrected chi connectivity index (χ2v) is 18.0. The van der Waals surface area contributed by atoms with E-state index >= 15 is 0 Å². The van der Waals surface area contributed by atoms with E-state index in [4.69, 9.17) is 54.9 Å². The summed E-state index contributed by atoms with van der Waals surface area (Å²) < 4.78 is 6.53. The van der Waals surface area contributed by atoms with E-state index in [0.717, 1.165) is 77.7 Å². The lowest BCUT2D eigenvalue weighted by molar-refractivity contribution is 1.15. The molecular weight excluding hydrogens is 838 g/mol. The lowest BCUT2D eigenvalue weighted by Gasteiger charge is -2.19. The quantitative estimate of drug-likeness (QED) is 0.154. The Bertz CT molecular complexity index is 4230. The molecule has 0 spiro atoms. The largest absolute Gasteiger partial charge is 0.311 e. The van der Waals surface area contributed by atoms with Crippen molar-refractivity contribution in [2.75, 3.05) is 0 Å². The standard InChI is InChI=1S/C60H32B7N3/c61-52-49(37-22-30-48-44(32-37)43-31-36(34-13-5-2-6-14-34)21-29-47(43)69(48)38-23-19-35(20-24-38)33-11-3-1-4-12-33)53(62)57(66)59-50(52)51-54(63)55(64)56(65)58(67)60(51)70(59)40-27-25-39(26-28-40)68-45-17-9-7-15-41(45)42-16-8-10-18-46(42)68/h1-32H. The molecule has 0 aliphatic carbocycles. The molecule has 0 amide bonds. The lowest BCUT2D eigenvalue weighted by Crippen LogP contribution is -2.48. The average molecular weight is 871 g/mol. The molecule has 14 radical (unpaired) electrons. The van der Waals surface area contributed by atoms with Crippen LogP contribution in [0.1, 0.15) is 0 Å². The van der Waals surface area contributed by atoms with E-state index in [1.807, 2.05) is 28.8 Å². The monoisotopic (exact) mass is 871 g/mol. The molecule has 308 valence electrons. The SMILES string of the molecule is [B]c1c([B])c([B])c2c(c1[B])c1c([B])c(-c3ccc4c(c3)c3cc(-c5ccccc5)ccc3n4-c3ccc(-c4ccccc4)cc3)c([B])c([B])c1n2-c1ccc(-n2c3ccccc3c3ccccc32)cc1. The van der Waals surface area contributed by atoms with Crippen molar-refractivity contribution in [3.63, 3.8) is 0 Å². The molecular formula is C60H32B7N3. The smallest absolute Gasteiger partial charge is 0.115 e. The third kappa shape index (κ3) is 6.18. The second-order valence-electron chi connectivity index (χ2n) is 18.0. The van der Waals surface area contributed by atoms with Crippen molar-refractivity contribution in [3.05, 3.63) is 194 Å². The summed E-state index contributed by atoms with van der Waals surface area (Å²) in [5.74, 6) is 0. The summed E-state index contributed by atoms with van der Waals surface area (Å²) in [5, 5.41) is 5.54. The lowest BCUT2D eigenvalue weighted by atomic mass is 9.64. The van der Waals surface area contributed by atoms with Crippen LogP contribution in [0.5, 0.6) is 0 Å². The summed E-state index contributed by atoms with van der Waals surface area (Å²) in [6, 6.07) is 67.5. The van der Waals surface area contributed by atoms with Crippen LogP contribution < -0.4 is 38.2 Å². The van der Waals surface area contributed by atoms with Gasteiger partial charge in [0.15, 0.2) is 0 Å². The van der Waals surface area contributed by atoms with Crippen LogP contribution in [-0.4, -0.2) is 68.6 Å². The zero-order valence-corrected chi connectivity index (χ0v) is 37.9. The maximum Gasteiger partial charge on any atom is 0.115 e. The fourth-order valence-electron chi connectivity index (χ4n) is 10.9. The van der Waals surface area contributed by atoms with Crippen molar-refractivity contribution in [1.29, 1.82) is 0 Å². The molecule has 70 heavy (non-hydrogen) atoms. The van der Waals surface area contributed by atoms with Crippen molar-refractivity contribution in [2.45, 2.75) is 0 Å². The predicted molar refractivity (Wildman–Crippen MR) is 303 cm³/mol. The molecule has 13 aromatic rings. The van der Waals surface area contributed by atoms with Crippen LogP contribution in [0.25, 0.3) is 116 Å². The van der Waals surface area contributed by atoms with E-state index in [2.05, 4.69) is 179 Å². The molecule has 10 aromatic carbocycles. The van der Waals surface area contributed by atoms with Gasteiger partial charge < -0.3 is 13.7 Å². The molecule has 0 aliphatic heterocycles. The molecule has 3 nitrogen and oxygen atoms in total. The van der Waals surface area contributed by atoms with E-state index in [-0.39, 0.29) is 21.9 Å². The van der Waals surface area contributed by atoms with Crippen molar-refractivity contribution in [1.82, 2.24) is 13.7 Å². The Labute approximate surface area is 414 Å². The number of nitrogens with zero attached hydrogens (tertiary/aromatic N) is 3. The zero-order chi connectivity index (χ0) is 47.5. The maximum atomic E-state index is 7.47. The van der Waals surface area contributed by atoms with Crippen molar-refractivity contribution < 1.29 is 0 Å². The summed E-state index contributed by atoms with van der Waals surface area (Å²) in [6.45, 7) is 0. The van der Waals surface area contributed by atoms with Crippen LogP contribution in [0.3, 0.4) is 0 Å². The minimum Gasteiger partial charge on any atom is -0.311 e. The first-order chi connectivity index (χ1) is 34.2. The Morgan fingerprint density at radius 2 is 0.614 bits per heavy atom. The Morgan fingerprint density at radius 3 is 1.17 bits per heavy atom. The summed E-state index contributed by atoms with van der Waals surface area (Å²) >= 11 is 0. The first-order valence-electron chi connectivity index (χ1n) is 23.1. The van der Waals surface area contributed by atoms with Gasteiger partial charge in [0.1, 0.15) is 54.9 Å². The molecule has 3 aromatic heterocycles. The van der Waals surface area contributed by atoms with E-state index in [1.54, 1.807) is 0 Å². The average Bonchev–Trinajstić information content (AvgIpc) is 4.06. The van der Waals surface area contributed by atoms with Gasteiger partial charge in [-0.25, -0.2) is 0 Å². The topological polar surface area (TPSA) is 14.8 Å². The minimum absolute atomic E-state index is 0.169. The van der Waals surface area contributed by atoms with Gasteiger partial charge in [-0.05, 0) is 112 Å². The number of rotatable bonds is 6. The van der Waals surface area contributed by atoms with Crippen LogP contribution in [0.2, 0.25) is 0 Å². The van der Waals surface area contributed by atoms with Gasteiger partial charge in [0.25, 0.3) is 0 Å². The van der Waals surface area contributed by atoms with Gasteiger partial charge >= 0.3 is 0 Å². The highest BCUT2D eigenvalue weighted by Gasteiger charge is 2.25. The molecule has 0 atom stereocenters. The van der Waals surface area contributed by atoms with E-state index in [0.29, 0.717) is 43.8 Å². The fourth-order valence-corrected chi connectivity index (χ4v) is 10.9. The number of aromatic nitrogens is 3. The molecule has 10 heteroatoms. The molecule has 13 rings (SSSR count). The number of hydrogen-bond acceptors (Lipinski definition) is 0. The predicted octanol–water partition coefficient (Wildman–Crippen LogP) is 7.54. The first-order valence-corrected chi connectivity index (χ1v) is 23.1. The van der Waals surface area contributed by atoms with Crippen LogP contribution in [-0.2, 0) is 0 Å². The van der Waals surface area contributed by atoms with Gasteiger partial charge in [0.05, 0.1) is 22.1 Å². The molecule has 0 saturated carbocycles. The van der Waals surface area contributed by atoms with Gasteiger partial charge in [0.2, 0.25) is 0 Å². The molecule has 0 N–H and O–H groups in total. The Balaban J connectivity index is 1.03. The zero-order valence-electron chi connectivity index (χ0n) is 37.9. The molecule has 3 heterocycles. The number of hydrogen-bond donors (Lipinski definition) is 0. The molecule has 0 aliphatic rings. The van der Waals surface area contributed by atoms with Crippen molar-refractivity contribution >= 4 is 159 Å². The molecule has 0 saturated heterocycles. The second kappa shape index (κ2) is 16.1. The normalized spacial score (nSPS) is 11.8. The highest BCUT2D eigenvalue weighted by atomic mass is 15.0. The Hall–Kier alpha value is -7.95. The van der Waals surface area contributed by atoms with Gasteiger partial charge in [-0.3, -0.25) is 0 Å². The van der Waals surface area contributed by atoms with Gasteiger partial charge in [-0.1, -0.05) is 149 Å². The van der Waals surface area contributed by atoms with Crippen LogP contribution in [0, 0.1) is 0 Å². The molecule has 0 bridgehead atoms. The summed E-state index contributed by atoms with van der Waals surface area (Å²) in [6.07, 6.45) is 0. The first kappa shape index (κ1) is 42.2. The summed E-state index contributed by atoms with van der Waals surface area (Å²) in [5.41, 5.74) is 15.8. The Kier molecular flexibility index (Phi) is 9.68. The number of benzene rings is 10. The van der Waals surface area contributed by atoms with Gasteiger partial charge in [-0.2, -0.15) is 0 Å². The van der Waals surface area contributed by atoms with Crippen LogP contribution in [0.4, 0.5) is 0 Å². The highest BCUT2D eigenvalue weighted by molar-refractivity contribution is 6.69. The third-order valence-electron chi connectivity index (χ3n) is 14.3. The fraction of sp³-hybridized carbons (Fsp3) is 0. The van der Waals surface area contributed by atoms with Crippen molar-refractivity contribution in [2.24, 2.45) is 0 Å². The summed E-state index contributed by atoms with van der Waals surface area (Å²) in [7, 11) is 49.2. The van der Waals surface area contributed by atoms with Gasteiger partial charge in [-0.15, -0.1) is 10.9 Å². The minimum atomic E-state index is 0.169. The van der Waals surface area contributed by atoms with Crippen LogP contribution in [0.15, 0.2) is 194 Å². The van der Waals surface area contributed by atoms with E-state index in [9.17, 15) is 0 Å². The maximum absolute atomic E-state index is 7.47. The molecule has 0 unspecified atom stereocenters. The summed E-state index contributed by atoms with van der Waals surface area (Å²) in [4.78, 5) is 0. The Morgan fingerprint density at radius 1 is 0.243 bits per heavy atom. The highest BCUT2D eigenvalue weighted by Crippen LogP contribution is 2.39. The van der Waals surface area contributed by atoms with E-state index < -0.39 is 0 Å². The third-order valence-corrected chi connectivity index (χ3v) is 14.3.